The van der Waals surface area contributed by atoms with E-state index in [1.54, 1.807) is 0 Å². The van der Waals surface area contributed by atoms with E-state index in [1.165, 1.54) is 34.9 Å². The summed E-state index contributed by atoms with van der Waals surface area (Å²) in [5.41, 5.74) is 2.41. The topological polar surface area (TPSA) is 36.1 Å². The molecule has 1 unspecified atom stereocenters. The Morgan fingerprint density at radius 2 is 1.90 bits per heavy atom. The van der Waals surface area contributed by atoms with Crippen LogP contribution in [0, 0.1) is 0 Å². The van der Waals surface area contributed by atoms with Gasteiger partial charge in [-0.15, -0.1) is 0 Å². The Balaban J connectivity index is 1.58. The Kier molecular flexibility index (Phi) is 3.36. The Hall–Kier alpha value is -1.52. The largest absolute Gasteiger partial charge is 0.368 e. The summed E-state index contributed by atoms with van der Waals surface area (Å²) >= 11 is 3.52. The van der Waals surface area contributed by atoms with Gasteiger partial charge in [-0.05, 0) is 53.9 Å². The van der Waals surface area contributed by atoms with Crippen molar-refractivity contribution in [3.63, 3.8) is 0 Å². The minimum Gasteiger partial charge on any atom is -0.368 e. The SMILES string of the molecule is Brc1ccc2cc(C3=CNC([C@@H]4CCCN4)N3)ccc2c1. The average molecular weight is 344 g/mol. The third kappa shape index (κ3) is 2.54. The molecule has 0 radical (unpaired) electrons. The quantitative estimate of drug-likeness (QED) is 0.783. The van der Waals surface area contributed by atoms with Crippen molar-refractivity contribution in [3.8, 4) is 0 Å². The van der Waals surface area contributed by atoms with Gasteiger partial charge in [-0.3, -0.25) is 0 Å². The molecule has 1 saturated heterocycles. The molecule has 0 aliphatic carbocycles. The van der Waals surface area contributed by atoms with Gasteiger partial charge in [-0.1, -0.05) is 34.1 Å². The second kappa shape index (κ2) is 5.35. The van der Waals surface area contributed by atoms with Crippen LogP contribution < -0.4 is 16.0 Å². The second-order valence-corrected chi connectivity index (χ2v) is 6.67. The van der Waals surface area contributed by atoms with Crippen molar-refractivity contribution in [1.29, 1.82) is 0 Å². The van der Waals surface area contributed by atoms with E-state index >= 15 is 0 Å². The van der Waals surface area contributed by atoms with Crippen LogP contribution in [0.3, 0.4) is 0 Å². The Labute approximate surface area is 132 Å². The lowest BCUT2D eigenvalue weighted by Crippen LogP contribution is -2.47. The van der Waals surface area contributed by atoms with Gasteiger partial charge in [0.05, 0.1) is 5.70 Å². The minimum absolute atomic E-state index is 0.308. The molecule has 0 aromatic heterocycles. The lowest BCUT2D eigenvalue weighted by molar-refractivity contribution is 0.429. The normalized spacial score (nSPS) is 24.7. The number of nitrogens with one attached hydrogen (secondary N) is 3. The highest BCUT2D eigenvalue weighted by molar-refractivity contribution is 9.10. The Morgan fingerprint density at radius 1 is 1.05 bits per heavy atom. The van der Waals surface area contributed by atoms with Crippen molar-refractivity contribution in [3.05, 3.63) is 52.6 Å². The van der Waals surface area contributed by atoms with Crippen molar-refractivity contribution in [1.82, 2.24) is 16.0 Å². The molecule has 4 rings (SSSR count). The predicted molar refractivity (Wildman–Crippen MR) is 90.7 cm³/mol. The lowest BCUT2D eigenvalue weighted by Gasteiger charge is -2.21. The van der Waals surface area contributed by atoms with Crippen LogP contribution in [0.15, 0.2) is 47.1 Å². The van der Waals surface area contributed by atoms with E-state index < -0.39 is 0 Å². The van der Waals surface area contributed by atoms with Crippen LogP contribution in [-0.4, -0.2) is 18.8 Å². The molecule has 3 N–H and O–H groups in total. The summed E-state index contributed by atoms with van der Waals surface area (Å²) < 4.78 is 1.12. The zero-order chi connectivity index (χ0) is 14.2. The van der Waals surface area contributed by atoms with Crippen molar-refractivity contribution < 1.29 is 0 Å². The van der Waals surface area contributed by atoms with Crippen molar-refractivity contribution >= 4 is 32.4 Å². The molecule has 2 aromatic carbocycles. The van der Waals surface area contributed by atoms with E-state index in [-0.39, 0.29) is 0 Å². The van der Waals surface area contributed by atoms with Gasteiger partial charge in [0.1, 0.15) is 6.17 Å². The molecular weight excluding hydrogens is 326 g/mol. The summed E-state index contributed by atoms with van der Waals surface area (Å²) in [4.78, 5) is 0. The van der Waals surface area contributed by atoms with Gasteiger partial charge >= 0.3 is 0 Å². The lowest BCUT2D eigenvalue weighted by atomic mass is 10.1. The summed E-state index contributed by atoms with van der Waals surface area (Å²) in [6.45, 7) is 1.13. The standard InChI is InChI=1S/C17H18BrN3/c18-14-6-5-11-8-13(4-3-12(11)9-14)16-10-20-17(21-16)15-2-1-7-19-15/h3-6,8-10,15,17,19-21H,1-2,7H2/t15-,17?/m0/s1. The van der Waals surface area contributed by atoms with Crippen LogP contribution in [0.5, 0.6) is 0 Å². The van der Waals surface area contributed by atoms with E-state index in [0.29, 0.717) is 12.2 Å². The zero-order valence-corrected chi connectivity index (χ0v) is 13.3. The summed E-state index contributed by atoms with van der Waals surface area (Å²) in [6.07, 6.45) is 4.91. The molecule has 0 spiro atoms. The fourth-order valence-electron chi connectivity index (χ4n) is 3.19. The van der Waals surface area contributed by atoms with Crippen LogP contribution in [0.1, 0.15) is 18.4 Å². The molecule has 108 valence electrons. The third-order valence-corrected chi connectivity index (χ3v) is 4.83. The highest BCUT2D eigenvalue weighted by atomic mass is 79.9. The van der Waals surface area contributed by atoms with Gasteiger partial charge in [0.2, 0.25) is 0 Å². The third-order valence-electron chi connectivity index (χ3n) is 4.33. The molecule has 21 heavy (non-hydrogen) atoms. The molecule has 1 fully saturated rings. The number of benzene rings is 2. The van der Waals surface area contributed by atoms with Crippen LogP contribution in [-0.2, 0) is 0 Å². The van der Waals surface area contributed by atoms with Gasteiger partial charge in [0, 0.05) is 16.7 Å². The molecule has 0 bridgehead atoms. The molecule has 0 amide bonds. The maximum absolute atomic E-state index is 3.60. The van der Waals surface area contributed by atoms with E-state index in [9.17, 15) is 0 Å². The summed E-state index contributed by atoms with van der Waals surface area (Å²) in [6, 6.07) is 13.5. The molecule has 2 aromatic rings. The minimum atomic E-state index is 0.308. The van der Waals surface area contributed by atoms with Gasteiger partial charge < -0.3 is 16.0 Å². The second-order valence-electron chi connectivity index (χ2n) is 5.76. The number of halogens is 1. The molecule has 0 saturated carbocycles. The van der Waals surface area contributed by atoms with Gasteiger partial charge in [-0.25, -0.2) is 0 Å². The number of rotatable bonds is 2. The number of hydrogen-bond donors (Lipinski definition) is 3. The molecule has 3 nitrogen and oxygen atoms in total. The first-order chi connectivity index (χ1) is 10.3. The van der Waals surface area contributed by atoms with Crippen LogP contribution >= 0.6 is 15.9 Å². The summed E-state index contributed by atoms with van der Waals surface area (Å²) in [5, 5.41) is 13.1. The average Bonchev–Trinajstić information content (AvgIpc) is 3.17. The Bertz CT molecular complexity index is 704. The molecule has 2 aliphatic heterocycles. The van der Waals surface area contributed by atoms with E-state index in [0.717, 1.165) is 11.0 Å². The number of fused-ring (bicyclic) bond motifs is 1. The smallest absolute Gasteiger partial charge is 0.112 e. The summed E-state index contributed by atoms with van der Waals surface area (Å²) in [5.74, 6) is 0. The van der Waals surface area contributed by atoms with Crippen LogP contribution in [0.4, 0.5) is 0 Å². The highest BCUT2D eigenvalue weighted by Gasteiger charge is 2.27. The fraction of sp³-hybridized carbons (Fsp3) is 0.294. The van der Waals surface area contributed by atoms with Crippen molar-refractivity contribution in [2.45, 2.75) is 25.0 Å². The van der Waals surface area contributed by atoms with Crippen LogP contribution in [0.2, 0.25) is 0 Å². The first-order valence-electron chi connectivity index (χ1n) is 7.45. The van der Waals surface area contributed by atoms with Gasteiger partial charge in [0.25, 0.3) is 0 Å². The van der Waals surface area contributed by atoms with E-state index in [4.69, 9.17) is 0 Å². The van der Waals surface area contributed by atoms with E-state index in [1.807, 2.05) is 0 Å². The molecule has 4 heteroatoms. The van der Waals surface area contributed by atoms with Crippen molar-refractivity contribution in [2.24, 2.45) is 0 Å². The molecular formula is C17H18BrN3. The van der Waals surface area contributed by atoms with Crippen LogP contribution in [0.25, 0.3) is 16.5 Å². The molecule has 2 aliphatic rings. The first-order valence-corrected chi connectivity index (χ1v) is 8.25. The monoisotopic (exact) mass is 343 g/mol. The maximum Gasteiger partial charge on any atom is 0.112 e. The first kappa shape index (κ1) is 13.2. The molecule has 2 atom stereocenters. The predicted octanol–water partition coefficient (Wildman–Crippen LogP) is 3.17. The number of hydrogen-bond acceptors (Lipinski definition) is 3. The molecule has 2 heterocycles. The Morgan fingerprint density at radius 3 is 2.76 bits per heavy atom. The van der Waals surface area contributed by atoms with E-state index in [2.05, 4.69) is 74.5 Å². The fourth-order valence-corrected chi connectivity index (χ4v) is 3.57. The summed E-state index contributed by atoms with van der Waals surface area (Å²) in [7, 11) is 0. The maximum atomic E-state index is 3.60. The van der Waals surface area contributed by atoms with Crippen molar-refractivity contribution in [2.75, 3.05) is 6.54 Å². The highest BCUT2D eigenvalue weighted by Crippen LogP contribution is 2.25. The van der Waals surface area contributed by atoms with Gasteiger partial charge in [-0.2, -0.15) is 0 Å². The zero-order valence-electron chi connectivity index (χ0n) is 11.7. The van der Waals surface area contributed by atoms with Gasteiger partial charge in [0.15, 0.2) is 0 Å².